The molecule has 32 heteroatoms. The van der Waals surface area contributed by atoms with Crippen molar-refractivity contribution < 1.29 is 116 Å². The van der Waals surface area contributed by atoms with E-state index in [4.69, 9.17) is 62.6 Å². The van der Waals surface area contributed by atoms with Crippen LogP contribution in [0.15, 0.2) is 0 Å². The molecule has 31 nitrogen and oxygen atoms in total. The number of hydrogen-bond acceptors (Lipinski definition) is 26. The predicted octanol–water partition coefficient (Wildman–Crippen LogP) is 1.20. The Morgan fingerprint density at radius 3 is 1.13 bits per heavy atom. The largest absolute Gasteiger partial charge is 0.444 e. The quantitative estimate of drug-likeness (QED) is 0.0677. The van der Waals surface area contributed by atoms with Crippen LogP contribution in [0, 0.1) is 0 Å². The normalized spacial score (nSPS) is 32.6. The highest BCUT2D eigenvalue weighted by atomic mass is 32.2. The number of carbonyl (C=O) groups excluding carboxylic acids is 6. The van der Waals surface area contributed by atoms with Gasteiger partial charge in [-0.2, -0.15) is 11.8 Å². The third-order valence-electron chi connectivity index (χ3n) is 12.6. The number of amides is 6. The van der Waals surface area contributed by atoms with Crippen LogP contribution in [0.3, 0.4) is 0 Å². The van der Waals surface area contributed by atoms with Crippen LogP contribution in [-0.2, 0) is 56.8 Å². The number of rotatable bonds is 18. The van der Waals surface area contributed by atoms with Crippen molar-refractivity contribution in [2.75, 3.05) is 31.1 Å². The molecule has 3 saturated heterocycles. The standard InChI is InChI=1S/C55H99N7O24S/c1-50(2,3)81-44(69)57-22-27-33(64)35(66)30(61-48(73)85-54(13,14)15)41(75-27)78-38-26(60-47(72)84-53(10,11)12)21-25(59-46(71)83-52(7,8)9)32(63)40(38)80-43-37(68)39(29(77-43)24-87-20-19-56)79-42-31(62-49(74)86-55(16,17)18)36(67)34(65)28(76-42)23-58-45(70)82-51(4,5)6/h25-43,63-68H,19-24,56H2,1-18H3,(H,57,69)(H,58,70)(H,59,71)(H,60,72)(H,61,73)(H,62,74)/t25-,26+,27-,28+,29-,30-,31-,32+,33-,34-,35-,36-,37-,38-,39-,40-,41-,42-,43+/m1/s1. The third kappa shape index (κ3) is 24.6. The van der Waals surface area contributed by atoms with Crippen LogP contribution in [0.1, 0.15) is 131 Å². The van der Waals surface area contributed by atoms with Crippen molar-refractivity contribution in [1.29, 1.82) is 0 Å². The first-order valence-corrected chi connectivity index (χ1v) is 30.1. The predicted molar refractivity (Wildman–Crippen MR) is 309 cm³/mol. The zero-order valence-corrected chi connectivity index (χ0v) is 54.0. The fraction of sp³-hybridized carbons (Fsp3) is 0.891. The fourth-order valence-corrected chi connectivity index (χ4v) is 10.1. The summed E-state index contributed by atoms with van der Waals surface area (Å²) in [5, 5.41) is 86.9. The summed E-state index contributed by atoms with van der Waals surface area (Å²) in [7, 11) is 0. The van der Waals surface area contributed by atoms with Crippen molar-refractivity contribution in [1.82, 2.24) is 31.9 Å². The molecule has 0 aromatic carbocycles. The highest BCUT2D eigenvalue weighted by Gasteiger charge is 2.57. The van der Waals surface area contributed by atoms with Gasteiger partial charge in [0, 0.05) is 31.1 Å². The van der Waals surface area contributed by atoms with E-state index in [0.717, 1.165) is 0 Å². The van der Waals surface area contributed by atoms with Gasteiger partial charge in [-0.15, -0.1) is 0 Å². The van der Waals surface area contributed by atoms with E-state index < -0.39 is 206 Å². The van der Waals surface area contributed by atoms with E-state index in [1.54, 1.807) is 125 Å². The van der Waals surface area contributed by atoms with Crippen molar-refractivity contribution in [2.45, 2.75) is 281 Å². The maximum absolute atomic E-state index is 13.9. The van der Waals surface area contributed by atoms with Crippen LogP contribution in [-0.4, -0.2) is 248 Å². The number of alkyl carbamates (subject to hydrolysis) is 6. The van der Waals surface area contributed by atoms with E-state index in [0.29, 0.717) is 5.75 Å². The van der Waals surface area contributed by atoms with Crippen LogP contribution in [0.2, 0.25) is 0 Å². The Hall–Kier alpha value is -4.55. The fourth-order valence-electron chi connectivity index (χ4n) is 9.22. The summed E-state index contributed by atoms with van der Waals surface area (Å²) in [6, 6.07) is -6.27. The van der Waals surface area contributed by atoms with Crippen molar-refractivity contribution in [3.05, 3.63) is 0 Å². The van der Waals surface area contributed by atoms with Gasteiger partial charge in [-0.3, -0.25) is 0 Å². The van der Waals surface area contributed by atoms with Crippen molar-refractivity contribution in [2.24, 2.45) is 5.73 Å². The van der Waals surface area contributed by atoms with Gasteiger partial charge in [-0.25, -0.2) is 28.8 Å². The lowest BCUT2D eigenvalue weighted by atomic mass is 9.83. The van der Waals surface area contributed by atoms with Gasteiger partial charge in [0.2, 0.25) is 0 Å². The van der Waals surface area contributed by atoms with Gasteiger partial charge in [-0.1, -0.05) is 0 Å². The molecule has 0 radical (unpaired) electrons. The Morgan fingerprint density at radius 1 is 0.414 bits per heavy atom. The van der Waals surface area contributed by atoms with Gasteiger partial charge in [0.15, 0.2) is 18.9 Å². The van der Waals surface area contributed by atoms with Gasteiger partial charge in [-0.05, 0) is 131 Å². The smallest absolute Gasteiger partial charge is 0.408 e. The average molecular weight is 1270 g/mol. The molecule has 6 amide bonds. The number of aliphatic hydroxyl groups is 6. The average Bonchev–Trinajstić information content (AvgIpc) is 1.85. The molecule has 4 fully saturated rings. The molecule has 0 aromatic rings. The summed E-state index contributed by atoms with van der Waals surface area (Å²) in [5.74, 6) is 0.346. The third-order valence-corrected chi connectivity index (χ3v) is 13.6. The minimum atomic E-state index is -1.97. The summed E-state index contributed by atoms with van der Waals surface area (Å²) in [6.07, 6.45) is -33.0. The van der Waals surface area contributed by atoms with Crippen LogP contribution in [0.5, 0.6) is 0 Å². The maximum Gasteiger partial charge on any atom is 0.408 e. The SMILES string of the molecule is CC(C)(C)OC(=O)NC[C@@H]1O[C@H](O[C@H]2[C@@H](O)[C@H](O[C@@H]3[C@@H](O)[C@H](NC(=O)OC(C)(C)C)C[C@H](NC(=O)OC(C)(C)C)[C@H]3O[C@H]3O[C@H](CNC(=O)OC(C)(C)C)[C@@H](O)[C@H](O)[C@H]3NC(=O)OC(C)(C)C)O[C@@H]2CSCCN)[C@H](NC(=O)OC(C)(C)C)[C@@H](O)[C@@H]1O. The molecule has 19 atom stereocenters. The molecule has 4 rings (SSSR count). The second kappa shape index (κ2) is 30.5. The minimum Gasteiger partial charge on any atom is -0.444 e. The Kier molecular flexibility index (Phi) is 26.3. The molecular formula is C55H99N7O24S. The zero-order valence-electron chi connectivity index (χ0n) is 53.2. The first kappa shape index (κ1) is 74.9. The zero-order chi connectivity index (χ0) is 66.1. The molecule has 14 N–H and O–H groups in total. The lowest BCUT2D eigenvalue weighted by molar-refractivity contribution is -0.310. The summed E-state index contributed by atoms with van der Waals surface area (Å²) >= 11 is 1.25. The Balaban J connectivity index is 1.89. The number of aliphatic hydroxyl groups excluding tert-OH is 6. The molecule has 4 aliphatic rings. The van der Waals surface area contributed by atoms with E-state index in [2.05, 4.69) is 31.9 Å². The summed E-state index contributed by atoms with van der Waals surface area (Å²) in [6.45, 7) is 27.9. The molecule has 1 saturated carbocycles. The molecule has 1 aliphatic carbocycles. The van der Waals surface area contributed by atoms with E-state index >= 15 is 0 Å². The van der Waals surface area contributed by atoms with E-state index in [1.165, 1.54) is 11.8 Å². The molecular weight excluding hydrogens is 1170 g/mol. The number of hydrogen-bond donors (Lipinski definition) is 13. The topological polar surface area (TPSA) is 433 Å². The lowest BCUT2D eigenvalue weighted by Crippen LogP contribution is -2.70. The van der Waals surface area contributed by atoms with Gasteiger partial charge < -0.3 is 125 Å². The van der Waals surface area contributed by atoms with Crippen LogP contribution in [0.4, 0.5) is 28.8 Å². The molecule has 3 heterocycles. The summed E-state index contributed by atoms with van der Waals surface area (Å²) in [5.41, 5.74) is -0.333. The number of ether oxygens (including phenoxy) is 12. The van der Waals surface area contributed by atoms with Crippen molar-refractivity contribution in [3.8, 4) is 0 Å². The van der Waals surface area contributed by atoms with Gasteiger partial charge >= 0.3 is 36.6 Å². The molecule has 0 aromatic heterocycles. The highest BCUT2D eigenvalue weighted by Crippen LogP contribution is 2.37. The summed E-state index contributed by atoms with van der Waals surface area (Å²) < 4.78 is 71.6. The van der Waals surface area contributed by atoms with Gasteiger partial charge in [0.25, 0.3) is 0 Å². The van der Waals surface area contributed by atoms with Gasteiger partial charge in [0.1, 0.15) is 113 Å². The highest BCUT2D eigenvalue weighted by molar-refractivity contribution is 7.99. The van der Waals surface area contributed by atoms with E-state index in [1.807, 2.05) is 0 Å². The Labute approximate surface area is 512 Å². The first-order chi connectivity index (χ1) is 39.7. The maximum atomic E-state index is 13.9. The second-order valence-electron chi connectivity index (χ2n) is 27.6. The lowest BCUT2D eigenvalue weighted by Gasteiger charge is -2.49. The van der Waals surface area contributed by atoms with Crippen molar-refractivity contribution >= 4 is 48.3 Å². The number of carbonyl (C=O) groups is 6. The molecule has 3 aliphatic heterocycles. The molecule has 0 unspecified atom stereocenters. The molecule has 504 valence electrons. The van der Waals surface area contributed by atoms with E-state index in [-0.39, 0.29) is 12.3 Å². The summed E-state index contributed by atoms with van der Waals surface area (Å²) in [4.78, 5) is 80.1. The molecule has 87 heavy (non-hydrogen) atoms. The van der Waals surface area contributed by atoms with Crippen LogP contribution in [0.25, 0.3) is 0 Å². The van der Waals surface area contributed by atoms with Crippen molar-refractivity contribution in [3.63, 3.8) is 0 Å². The Bertz CT molecular complexity index is 2270. The number of nitrogens with two attached hydrogens (primary N) is 1. The van der Waals surface area contributed by atoms with Crippen LogP contribution >= 0.6 is 11.8 Å². The number of nitrogens with one attached hydrogen (secondary N) is 6. The van der Waals surface area contributed by atoms with Crippen LogP contribution < -0.4 is 37.6 Å². The number of thioether (sulfide) groups is 1. The Morgan fingerprint density at radius 2 is 0.747 bits per heavy atom. The molecule has 0 bridgehead atoms. The first-order valence-electron chi connectivity index (χ1n) is 28.9. The minimum absolute atomic E-state index is 0.00383. The monoisotopic (exact) mass is 1270 g/mol. The molecule has 0 spiro atoms. The van der Waals surface area contributed by atoms with E-state index in [9.17, 15) is 59.4 Å². The van der Waals surface area contributed by atoms with Gasteiger partial charge in [0.05, 0.1) is 18.2 Å². The second-order valence-corrected chi connectivity index (χ2v) is 28.7.